The molecule has 1 saturated heterocycles. The number of pyridine rings is 1. The van der Waals surface area contributed by atoms with E-state index in [9.17, 15) is 4.79 Å². The lowest BCUT2D eigenvalue weighted by atomic mass is 9.98. The first-order valence-corrected chi connectivity index (χ1v) is 9.64. The Labute approximate surface area is 164 Å². The van der Waals surface area contributed by atoms with Crippen LogP contribution in [0.25, 0.3) is 10.9 Å². The number of carbonyl (C=O) groups is 1. The fourth-order valence-electron chi connectivity index (χ4n) is 3.63. The van der Waals surface area contributed by atoms with E-state index in [1.54, 1.807) is 13.3 Å². The van der Waals surface area contributed by atoms with Crippen molar-refractivity contribution in [2.45, 2.75) is 13.3 Å². The Morgan fingerprint density at radius 3 is 2.57 bits per heavy atom. The molecular weight excluding hydrogens is 352 g/mol. The van der Waals surface area contributed by atoms with Gasteiger partial charge < -0.3 is 14.4 Å². The number of fused-ring (bicyclic) bond motifs is 1. The molecule has 5 heteroatoms. The van der Waals surface area contributed by atoms with Crippen molar-refractivity contribution in [1.29, 1.82) is 0 Å². The minimum absolute atomic E-state index is 0.0126. The third-order valence-corrected chi connectivity index (χ3v) is 5.24. The van der Waals surface area contributed by atoms with Crippen LogP contribution in [0.15, 0.2) is 48.7 Å². The lowest BCUT2D eigenvalue weighted by Crippen LogP contribution is -2.37. The lowest BCUT2D eigenvalue weighted by Gasteiger charge is -2.31. The molecule has 3 aromatic rings. The van der Waals surface area contributed by atoms with Crippen molar-refractivity contribution in [3.8, 4) is 5.75 Å². The fourth-order valence-corrected chi connectivity index (χ4v) is 3.63. The molecule has 1 aliphatic heterocycles. The predicted molar refractivity (Wildman–Crippen MR) is 111 cm³/mol. The summed E-state index contributed by atoms with van der Waals surface area (Å²) in [7, 11) is 1.65. The average Bonchev–Trinajstić information content (AvgIpc) is 2.78. The van der Waals surface area contributed by atoms with Crippen molar-refractivity contribution in [3.05, 3.63) is 65.4 Å². The van der Waals surface area contributed by atoms with Gasteiger partial charge in [-0.1, -0.05) is 31.2 Å². The van der Waals surface area contributed by atoms with Gasteiger partial charge in [-0.25, -0.2) is 0 Å². The first kappa shape index (κ1) is 18.4. The highest BCUT2D eigenvalue weighted by atomic mass is 16.5. The van der Waals surface area contributed by atoms with Gasteiger partial charge in [0, 0.05) is 30.2 Å². The fraction of sp³-hybridized carbons (Fsp3) is 0.304. The summed E-state index contributed by atoms with van der Waals surface area (Å²) < 4.78 is 10.9. The molecule has 0 N–H and O–H groups in total. The Bertz CT molecular complexity index is 993. The molecule has 1 aromatic heterocycles. The van der Waals surface area contributed by atoms with Crippen LogP contribution in [-0.4, -0.2) is 44.2 Å². The number of nitrogens with zero attached hydrogens (tertiary/aromatic N) is 2. The highest BCUT2D eigenvalue weighted by molar-refractivity contribution is 6.16. The summed E-state index contributed by atoms with van der Waals surface area (Å²) in [5.74, 6) is 0.738. The van der Waals surface area contributed by atoms with Gasteiger partial charge in [-0.3, -0.25) is 9.78 Å². The van der Waals surface area contributed by atoms with E-state index in [1.165, 1.54) is 5.56 Å². The molecule has 28 heavy (non-hydrogen) atoms. The van der Waals surface area contributed by atoms with E-state index in [1.807, 2.05) is 42.5 Å². The van der Waals surface area contributed by atoms with Gasteiger partial charge in [0.05, 0.1) is 37.1 Å². The number of anilines is 1. The number of rotatable bonds is 5. The molecule has 4 rings (SSSR count). The highest BCUT2D eigenvalue weighted by Crippen LogP contribution is 2.34. The largest absolute Gasteiger partial charge is 0.497 e. The molecule has 0 amide bonds. The van der Waals surface area contributed by atoms with Crippen LogP contribution in [-0.2, 0) is 11.2 Å². The van der Waals surface area contributed by atoms with E-state index in [0.717, 1.165) is 41.9 Å². The summed E-state index contributed by atoms with van der Waals surface area (Å²) >= 11 is 0. The van der Waals surface area contributed by atoms with Crippen molar-refractivity contribution in [2.75, 3.05) is 38.3 Å². The minimum Gasteiger partial charge on any atom is -0.497 e. The van der Waals surface area contributed by atoms with Crippen molar-refractivity contribution in [1.82, 2.24) is 4.98 Å². The van der Waals surface area contributed by atoms with Crippen molar-refractivity contribution >= 4 is 22.4 Å². The first-order valence-electron chi connectivity index (χ1n) is 9.64. The van der Waals surface area contributed by atoms with Gasteiger partial charge in [-0.15, -0.1) is 0 Å². The summed E-state index contributed by atoms with van der Waals surface area (Å²) in [6.07, 6.45) is 2.65. The second-order valence-electron chi connectivity index (χ2n) is 6.88. The van der Waals surface area contributed by atoms with Crippen molar-refractivity contribution < 1.29 is 14.3 Å². The Morgan fingerprint density at radius 1 is 1.14 bits per heavy atom. The third kappa shape index (κ3) is 3.45. The minimum atomic E-state index is -0.0126. The number of ether oxygens (including phenoxy) is 2. The third-order valence-electron chi connectivity index (χ3n) is 5.24. The molecule has 144 valence electrons. The molecule has 1 fully saturated rings. The van der Waals surface area contributed by atoms with E-state index in [4.69, 9.17) is 9.47 Å². The number of morpholine rings is 1. The summed E-state index contributed by atoms with van der Waals surface area (Å²) in [5.41, 5.74) is 4.27. The monoisotopic (exact) mass is 376 g/mol. The molecule has 0 saturated carbocycles. The maximum absolute atomic E-state index is 13.4. The molecule has 0 atom stereocenters. The average molecular weight is 376 g/mol. The van der Waals surface area contributed by atoms with Crippen LogP contribution in [0.2, 0.25) is 0 Å². The van der Waals surface area contributed by atoms with Crippen LogP contribution < -0.4 is 9.64 Å². The lowest BCUT2D eigenvalue weighted by molar-refractivity contribution is 0.103. The van der Waals surface area contributed by atoms with Gasteiger partial charge in [-0.2, -0.15) is 0 Å². The molecule has 0 radical (unpaired) electrons. The van der Waals surface area contributed by atoms with Crippen LogP contribution in [0.1, 0.15) is 28.4 Å². The maximum atomic E-state index is 13.4. The van der Waals surface area contributed by atoms with E-state index >= 15 is 0 Å². The van der Waals surface area contributed by atoms with E-state index in [-0.39, 0.29) is 5.78 Å². The molecule has 2 aromatic carbocycles. The quantitative estimate of drug-likeness (QED) is 0.633. The molecule has 0 bridgehead atoms. The van der Waals surface area contributed by atoms with E-state index < -0.39 is 0 Å². The topological polar surface area (TPSA) is 51.7 Å². The van der Waals surface area contributed by atoms with Crippen LogP contribution in [0.5, 0.6) is 5.75 Å². The predicted octanol–water partition coefficient (Wildman–Crippen LogP) is 3.87. The smallest absolute Gasteiger partial charge is 0.196 e. The number of methoxy groups -OCH3 is 1. The Balaban J connectivity index is 1.87. The number of carbonyl (C=O) groups excluding carboxylic acids is 1. The highest BCUT2D eigenvalue weighted by Gasteiger charge is 2.23. The molecule has 0 aliphatic carbocycles. The van der Waals surface area contributed by atoms with Crippen molar-refractivity contribution in [3.63, 3.8) is 0 Å². The second kappa shape index (κ2) is 7.98. The normalized spacial score (nSPS) is 14.3. The zero-order valence-corrected chi connectivity index (χ0v) is 16.3. The molecule has 0 unspecified atom stereocenters. The number of hydrogen-bond acceptors (Lipinski definition) is 5. The molecule has 0 spiro atoms. The summed E-state index contributed by atoms with van der Waals surface area (Å²) in [6, 6.07) is 13.6. The standard InChI is InChI=1S/C23H24N2O3/c1-3-16-4-6-17(7-5-16)23(26)20-15-24-21-9-8-18(27-2)14-19(21)22(20)25-10-12-28-13-11-25/h4-9,14-15H,3,10-13H2,1-2H3. The second-order valence-corrected chi connectivity index (χ2v) is 6.88. The Hall–Kier alpha value is -2.92. The van der Waals surface area contributed by atoms with Gasteiger partial charge in [-0.05, 0) is 30.2 Å². The number of aromatic nitrogens is 1. The Morgan fingerprint density at radius 2 is 1.89 bits per heavy atom. The molecular formula is C23H24N2O3. The van der Waals surface area contributed by atoms with Crippen molar-refractivity contribution in [2.24, 2.45) is 0 Å². The Kier molecular flexibility index (Phi) is 5.26. The zero-order chi connectivity index (χ0) is 19.5. The van der Waals surface area contributed by atoms with E-state index in [0.29, 0.717) is 24.3 Å². The van der Waals surface area contributed by atoms with Gasteiger partial charge in [0.2, 0.25) is 0 Å². The van der Waals surface area contributed by atoms with Crippen LogP contribution >= 0.6 is 0 Å². The van der Waals surface area contributed by atoms with Gasteiger partial charge in [0.25, 0.3) is 0 Å². The SMILES string of the molecule is CCc1ccc(C(=O)c2cnc3ccc(OC)cc3c2N2CCOCC2)cc1. The summed E-state index contributed by atoms with van der Waals surface area (Å²) in [6.45, 7) is 4.88. The number of benzene rings is 2. The van der Waals surface area contributed by atoms with Crippen LogP contribution in [0.3, 0.4) is 0 Å². The summed E-state index contributed by atoms with van der Waals surface area (Å²) in [5, 5.41) is 0.928. The number of aryl methyl sites for hydroxylation is 1. The summed E-state index contributed by atoms with van der Waals surface area (Å²) in [4.78, 5) is 20.2. The van der Waals surface area contributed by atoms with Gasteiger partial charge >= 0.3 is 0 Å². The van der Waals surface area contributed by atoms with Gasteiger partial charge in [0.1, 0.15) is 5.75 Å². The van der Waals surface area contributed by atoms with E-state index in [2.05, 4.69) is 16.8 Å². The molecule has 5 nitrogen and oxygen atoms in total. The molecule has 2 heterocycles. The van der Waals surface area contributed by atoms with Crippen LogP contribution in [0, 0.1) is 0 Å². The first-order chi connectivity index (χ1) is 13.7. The maximum Gasteiger partial charge on any atom is 0.196 e. The zero-order valence-electron chi connectivity index (χ0n) is 16.3. The van der Waals surface area contributed by atoms with Gasteiger partial charge in [0.15, 0.2) is 5.78 Å². The molecule has 1 aliphatic rings. The number of hydrogen-bond donors (Lipinski definition) is 0. The van der Waals surface area contributed by atoms with Crippen LogP contribution in [0.4, 0.5) is 5.69 Å². The number of ketones is 1.